The molecule has 0 fully saturated rings. The van der Waals surface area contributed by atoms with Crippen molar-refractivity contribution in [1.82, 2.24) is 4.90 Å². The van der Waals surface area contributed by atoms with Gasteiger partial charge in [-0.05, 0) is 35.7 Å². The van der Waals surface area contributed by atoms with Gasteiger partial charge in [-0.15, -0.1) is 0 Å². The van der Waals surface area contributed by atoms with Crippen molar-refractivity contribution >= 4 is 11.7 Å². The molecule has 2 rings (SSSR count). The molecule has 2 aromatic carbocycles. The summed E-state index contributed by atoms with van der Waals surface area (Å²) in [6.07, 6.45) is -0.870. The lowest BCUT2D eigenvalue weighted by atomic mass is 10.1. The third-order valence-electron chi connectivity index (χ3n) is 3.55. The van der Waals surface area contributed by atoms with E-state index in [1.54, 1.807) is 4.90 Å². The van der Waals surface area contributed by atoms with Crippen LogP contribution in [0.25, 0.3) is 0 Å². The van der Waals surface area contributed by atoms with Gasteiger partial charge in [0.25, 0.3) is 0 Å². The van der Waals surface area contributed by atoms with Crippen LogP contribution in [0.1, 0.15) is 25.5 Å². The van der Waals surface area contributed by atoms with Gasteiger partial charge >= 0.3 is 6.03 Å². The van der Waals surface area contributed by atoms with E-state index in [0.29, 0.717) is 17.8 Å². The Labute approximate surface area is 141 Å². The van der Waals surface area contributed by atoms with Crippen molar-refractivity contribution in [1.29, 1.82) is 0 Å². The van der Waals surface area contributed by atoms with Gasteiger partial charge in [-0.1, -0.05) is 44.2 Å². The first kappa shape index (κ1) is 17.9. The number of hydrogen-bond donors (Lipinski definition) is 2. The van der Waals surface area contributed by atoms with E-state index in [2.05, 4.69) is 5.32 Å². The van der Waals surface area contributed by atoms with Gasteiger partial charge < -0.3 is 15.3 Å². The average molecular weight is 330 g/mol. The number of urea groups is 1. The van der Waals surface area contributed by atoms with Crippen molar-refractivity contribution in [2.24, 2.45) is 5.92 Å². The minimum Gasteiger partial charge on any atom is -0.387 e. The summed E-state index contributed by atoms with van der Waals surface area (Å²) in [5.41, 5.74) is 1.28. The zero-order valence-electron chi connectivity index (χ0n) is 13.9. The minimum atomic E-state index is -0.870. The zero-order valence-corrected chi connectivity index (χ0v) is 13.9. The van der Waals surface area contributed by atoms with Crippen molar-refractivity contribution < 1.29 is 14.3 Å². The Hall–Kier alpha value is -2.40. The fourth-order valence-electron chi connectivity index (χ4n) is 2.40. The van der Waals surface area contributed by atoms with Gasteiger partial charge in [0, 0.05) is 12.2 Å². The van der Waals surface area contributed by atoms with Crippen molar-refractivity contribution in [3.8, 4) is 0 Å². The number of carbonyl (C=O) groups excluding carboxylic acids is 1. The summed E-state index contributed by atoms with van der Waals surface area (Å²) < 4.78 is 13.0. The predicted molar refractivity (Wildman–Crippen MR) is 93.2 cm³/mol. The molecule has 2 amide bonds. The molecule has 0 saturated carbocycles. The monoisotopic (exact) mass is 330 g/mol. The molecular formula is C19H23FN2O2. The molecular weight excluding hydrogens is 307 g/mol. The van der Waals surface area contributed by atoms with E-state index in [9.17, 15) is 14.3 Å². The number of nitrogens with one attached hydrogen (secondary N) is 1. The molecule has 0 radical (unpaired) electrons. The van der Waals surface area contributed by atoms with E-state index in [4.69, 9.17) is 0 Å². The molecule has 0 aliphatic carbocycles. The molecule has 0 heterocycles. The SMILES string of the molecule is CC(C)CN(CC(O)c1ccc(F)cc1)C(=O)Nc1ccccc1. The molecule has 0 aliphatic heterocycles. The first-order valence-corrected chi connectivity index (χ1v) is 8.00. The molecule has 1 atom stereocenters. The molecule has 0 aliphatic rings. The zero-order chi connectivity index (χ0) is 17.5. The molecule has 2 N–H and O–H groups in total. The van der Waals surface area contributed by atoms with Crippen molar-refractivity contribution in [3.63, 3.8) is 0 Å². The summed E-state index contributed by atoms with van der Waals surface area (Å²) in [4.78, 5) is 14.1. The molecule has 24 heavy (non-hydrogen) atoms. The van der Waals surface area contributed by atoms with Crippen LogP contribution in [0, 0.1) is 11.7 Å². The van der Waals surface area contributed by atoms with Crippen LogP contribution in [0.15, 0.2) is 54.6 Å². The van der Waals surface area contributed by atoms with Gasteiger partial charge in [0.15, 0.2) is 0 Å². The molecule has 0 saturated heterocycles. The molecule has 2 aromatic rings. The second kappa shape index (κ2) is 8.45. The molecule has 1 unspecified atom stereocenters. The number of nitrogens with zero attached hydrogens (tertiary/aromatic N) is 1. The first-order valence-electron chi connectivity index (χ1n) is 8.00. The quantitative estimate of drug-likeness (QED) is 0.839. The van der Waals surface area contributed by atoms with E-state index in [0.717, 1.165) is 0 Å². The number of hydrogen-bond acceptors (Lipinski definition) is 2. The summed E-state index contributed by atoms with van der Waals surface area (Å²) in [6, 6.07) is 14.6. The maximum absolute atomic E-state index is 13.0. The van der Waals surface area contributed by atoms with E-state index >= 15 is 0 Å². The van der Waals surface area contributed by atoms with E-state index in [-0.39, 0.29) is 24.3 Å². The van der Waals surface area contributed by atoms with Crippen LogP contribution in [0.4, 0.5) is 14.9 Å². The highest BCUT2D eigenvalue weighted by Crippen LogP contribution is 2.17. The number of benzene rings is 2. The number of rotatable bonds is 6. The third-order valence-corrected chi connectivity index (χ3v) is 3.55. The second-order valence-electron chi connectivity index (χ2n) is 6.16. The Balaban J connectivity index is 2.06. The van der Waals surface area contributed by atoms with Crippen LogP contribution in [-0.2, 0) is 0 Å². The summed E-state index contributed by atoms with van der Waals surface area (Å²) in [7, 11) is 0. The van der Waals surface area contributed by atoms with Crippen LogP contribution in [0.2, 0.25) is 0 Å². The van der Waals surface area contributed by atoms with Crippen molar-refractivity contribution in [2.45, 2.75) is 20.0 Å². The van der Waals surface area contributed by atoms with E-state index in [1.165, 1.54) is 24.3 Å². The normalized spacial score (nSPS) is 12.0. The predicted octanol–water partition coefficient (Wildman–Crippen LogP) is 4.05. The lowest BCUT2D eigenvalue weighted by Gasteiger charge is -2.27. The highest BCUT2D eigenvalue weighted by molar-refractivity contribution is 5.89. The van der Waals surface area contributed by atoms with Gasteiger partial charge in [0.05, 0.1) is 12.6 Å². The van der Waals surface area contributed by atoms with Gasteiger partial charge in [0.1, 0.15) is 5.82 Å². The minimum absolute atomic E-state index is 0.141. The number of para-hydroxylation sites is 1. The highest BCUT2D eigenvalue weighted by Gasteiger charge is 2.20. The summed E-state index contributed by atoms with van der Waals surface area (Å²) >= 11 is 0. The Morgan fingerprint density at radius 2 is 1.71 bits per heavy atom. The number of aliphatic hydroxyl groups is 1. The number of halogens is 1. The Bertz CT molecular complexity index is 644. The Morgan fingerprint density at radius 3 is 2.29 bits per heavy atom. The first-order chi connectivity index (χ1) is 11.5. The van der Waals surface area contributed by atoms with Crippen LogP contribution in [0.3, 0.4) is 0 Å². The third kappa shape index (κ3) is 5.35. The van der Waals surface area contributed by atoms with E-state index < -0.39 is 6.10 Å². The number of carbonyl (C=O) groups is 1. The summed E-state index contributed by atoms with van der Waals surface area (Å²) in [5, 5.41) is 13.2. The average Bonchev–Trinajstić information content (AvgIpc) is 2.55. The standard InChI is InChI=1S/C19H23FN2O2/c1-14(2)12-22(19(24)21-17-6-4-3-5-7-17)13-18(23)15-8-10-16(20)11-9-15/h3-11,14,18,23H,12-13H2,1-2H3,(H,21,24). The Kier molecular flexibility index (Phi) is 6.32. The topological polar surface area (TPSA) is 52.6 Å². The summed E-state index contributed by atoms with van der Waals surface area (Å²) in [6.45, 7) is 4.67. The molecule has 5 heteroatoms. The maximum Gasteiger partial charge on any atom is 0.321 e. The second-order valence-corrected chi connectivity index (χ2v) is 6.16. The highest BCUT2D eigenvalue weighted by atomic mass is 19.1. The molecule has 0 spiro atoms. The van der Waals surface area contributed by atoms with Crippen LogP contribution in [0.5, 0.6) is 0 Å². The van der Waals surface area contributed by atoms with Crippen molar-refractivity contribution in [2.75, 3.05) is 18.4 Å². The van der Waals surface area contributed by atoms with Crippen molar-refractivity contribution in [3.05, 3.63) is 66.0 Å². The van der Waals surface area contributed by atoms with Gasteiger partial charge in [-0.25, -0.2) is 9.18 Å². The fraction of sp³-hybridized carbons (Fsp3) is 0.316. The van der Waals surface area contributed by atoms with Gasteiger partial charge in [-0.2, -0.15) is 0 Å². The van der Waals surface area contributed by atoms with E-state index in [1.807, 2.05) is 44.2 Å². The molecule has 128 valence electrons. The lowest BCUT2D eigenvalue weighted by Crippen LogP contribution is -2.40. The number of amides is 2. The van der Waals surface area contributed by atoms with Gasteiger partial charge in [-0.3, -0.25) is 0 Å². The fourth-order valence-corrected chi connectivity index (χ4v) is 2.40. The smallest absolute Gasteiger partial charge is 0.321 e. The van der Waals surface area contributed by atoms with Crippen LogP contribution >= 0.6 is 0 Å². The number of anilines is 1. The van der Waals surface area contributed by atoms with Crippen LogP contribution < -0.4 is 5.32 Å². The molecule has 4 nitrogen and oxygen atoms in total. The van der Waals surface area contributed by atoms with Gasteiger partial charge in [0.2, 0.25) is 0 Å². The number of aliphatic hydroxyl groups excluding tert-OH is 1. The maximum atomic E-state index is 13.0. The Morgan fingerprint density at radius 1 is 1.08 bits per heavy atom. The molecule has 0 bridgehead atoms. The summed E-state index contributed by atoms with van der Waals surface area (Å²) in [5.74, 6) is -0.0984. The molecule has 0 aromatic heterocycles. The largest absolute Gasteiger partial charge is 0.387 e. The lowest BCUT2D eigenvalue weighted by molar-refractivity contribution is 0.121. The van der Waals surface area contributed by atoms with Crippen LogP contribution in [-0.4, -0.2) is 29.1 Å².